The normalized spacial score (nSPS) is 29.6. The molecule has 1 spiro atoms. The molecule has 2 atom stereocenters. The van der Waals surface area contributed by atoms with Gasteiger partial charge in [-0.1, -0.05) is 12.1 Å². The number of piperidine rings is 1. The highest BCUT2D eigenvalue weighted by molar-refractivity contribution is 6.21. The van der Waals surface area contributed by atoms with E-state index in [1.165, 1.54) is 0 Å². The summed E-state index contributed by atoms with van der Waals surface area (Å²) in [6.07, 6.45) is 0.619. The standard InChI is InChI=1S/C15H14N2O4/c18-11-10(7-15(5-6-15)14(21)16-11)17-12(19)8-3-1-2-4-9(8)13(17)20/h1-4,10-11,18H,5-7H2,(H,16,21). The number of imide groups is 1. The lowest BCUT2D eigenvalue weighted by atomic mass is 9.89. The number of aliphatic hydroxyl groups excluding tert-OH is 1. The lowest BCUT2D eigenvalue weighted by Crippen LogP contribution is -2.60. The summed E-state index contributed by atoms with van der Waals surface area (Å²) in [7, 11) is 0. The number of carbonyl (C=O) groups is 3. The van der Waals surface area contributed by atoms with Crippen LogP contribution < -0.4 is 5.32 Å². The Balaban J connectivity index is 1.70. The lowest BCUT2D eigenvalue weighted by Gasteiger charge is -2.37. The maximum absolute atomic E-state index is 12.4. The summed E-state index contributed by atoms with van der Waals surface area (Å²) >= 11 is 0. The first-order valence-corrected chi connectivity index (χ1v) is 6.99. The second-order valence-electron chi connectivity index (χ2n) is 6.00. The fourth-order valence-corrected chi connectivity index (χ4v) is 3.31. The molecule has 1 saturated carbocycles. The van der Waals surface area contributed by atoms with E-state index in [2.05, 4.69) is 5.32 Å². The Bertz CT molecular complexity index is 645. The van der Waals surface area contributed by atoms with Crippen LogP contribution in [0.15, 0.2) is 24.3 Å². The van der Waals surface area contributed by atoms with E-state index in [1.807, 2.05) is 0 Å². The third kappa shape index (κ3) is 1.59. The number of hydrogen-bond donors (Lipinski definition) is 2. The van der Waals surface area contributed by atoms with Crippen LogP contribution in [0.3, 0.4) is 0 Å². The Labute approximate surface area is 120 Å². The molecule has 2 N–H and O–H groups in total. The van der Waals surface area contributed by atoms with Crippen LogP contribution in [0.4, 0.5) is 0 Å². The van der Waals surface area contributed by atoms with Crippen molar-refractivity contribution in [3.8, 4) is 0 Å². The molecule has 0 bridgehead atoms. The van der Waals surface area contributed by atoms with Gasteiger partial charge in [-0.3, -0.25) is 19.3 Å². The largest absolute Gasteiger partial charge is 0.371 e. The zero-order valence-electron chi connectivity index (χ0n) is 11.2. The predicted octanol–water partition coefficient (Wildman–Crippen LogP) is 0.270. The number of nitrogens with zero attached hydrogens (tertiary/aromatic N) is 1. The third-order valence-corrected chi connectivity index (χ3v) is 4.74. The molecule has 3 amide bonds. The van der Waals surface area contributed by atoms with Gasteiger partial charge in [0.05, 0.1) is 22.6 Å². The highest BCUT2D eigenvalue weighted by Crippen LogP contribution is 2.52. The molecule has 6 heteroatoms. The van der Waals surface area contributed by atoms with Crippen molar-refractivity contribution in [3.05, 3.63) is 35.4 Å². The van der Waals surface area contributed by atoms with Crippen molar-refractivity contribution in [2.75, 3.05) is 0 Å². The van der Waals surface area contributed by atoms with E-state index in [4.69, 9.17) is 0 Å². The third-order valence-electron chi connectivity index (χ3n) is 4.74. The van der Waals surface area contributed by atoms with E-state index in [9.17, 15) is 19.5 Å². The second kappa shape index (κ2) is 3.92. The van der Waals surface area contributed by atoms with Crippen molar-refractivity contribution in [2.24, 2.45) is 5.41 Å². The molecular weight excluding hydrogens is 272 g/mol. The maximum Gasteiger partial charge on any atom is 0.261 e. The van der Waals surface area contributed by atoms with Crippen molar-refractivity contribution in [1.29, 1.82) is 0 Å². The minimum Gasteiger partial charge on any atom is -0.371 e. The zero-order chi connectivity index (χ0) is 14.8. The van der Waals surface area contributed by atoms with Gasteiger partial charge >= 0.3 is 0 Å². The van der Waals surface area contributed by atoms with E-state index >= 15 is 0 Å². The average Bonchev–Trinajstić information content (AvgIpc) is 3.20. The van der Waals surface area contributed by atoms with Gasteiger partial charge in [0.1, 0.15) is 6.23 Å². The molecule has 1 aromatic rings. The van der Waals surface area contributed by atoms with E-state index in [0.29, 0.717) is 17.5 Å². The molecule has 21 heavy (non-hydrogen) atoms. The summed E-state index contributed by atoms with van der Waals surface area (Å²) in [6.45, 7) is 0. The molecule has 0 aromatic heterocycles. The molecule has 2 unspecified atom stereocenters. The summed E-state index contributed by atoms with van der Waals surface area (Å²) in [5, 5.41) is 12.6. The molecule has 1 aromatic carbocycles. The number of amides is 3. The Morgan fingerprint density at radius 1 is 1.10 bits per heavy atom. The molecule has 2 heterocycles. The number of rotatable bonds is 1. The van der Waals surface area contributed by atoms with Gasteiger partial charge in [-0.25, -0.2) is 0 Å². The van der Waals surface area contributed by atoms with Crippen LogP contribution in [-0.2, 0) is 4.79 Å². The van der Waals surface area contributed by atoms with Gasteiger partial charge in [0.25, 0.3) is 11.8 Å². The summed E-state index contributed by atoms with van der Waals surface area (Å²) in [4.78, 5) is 37.9. The van der Waals surface area contributed by atoms with Crippen LogP contribution in [0.5, 0.6) is 0 Å². The van der Waals surface area contributed by atoms with Crippen molar-refractivity contribution in [1.82, 2.24) is 10.2 Å². The van der Waals surface area contributed by atoms with Gasteiger partial charge in [0, 0.05) is 0 Å². The van der Waals surface area contributed by atoms with Crippen molar-refractivity contribution in [2.45, 2.75) is 31.5 Å². The fraction of sp³-hybridized carbons (Fsp3) is 0.400. The van der Waals surface area contributed by atoms with Gasteiger partial charge < -0.3 is 10.4 Å². The van der Waals surface area contributed by atoms with Gasteiger partial charge in [-0.05, 0) is 31.4 Å². The first-order chi connectivity index (χ1) is 10.0. The zero-order valence-corrected chi connectivity index (χ0v) is 11.2. The van der Waals surface area contributed by atoms with E-state index in [1.54, 1.807) is 24.3 Å². The van der Waals surface area contributed by atoms with Crippen LogP contribution in [0.2, 0.25) is 0 Å². The Hall–Kier alpha value is -2.21. The lowest BCUT2D eigenvalue weighted by molar-refractivity contribution is -0.136. The topological polar surface area (TPSA) is 86.7 Å². The molecule has 4 rings (SSSR count). The van der Waals surface area contributed by atoms with Crippen molar-refractivity contribution < 1.29 is 19.5 Å². The smallest absolute Gasteiger partial charge is 0.261 e. The fourth-order valence-electron chi connectivity index (χ4n) is 3.31. The maximum atomic E-state index is 12.4. The monoisotopic (exact) mass is 286 g/mol. The molecule has 108 valence electrons. The number of nitrogens with one attached hydrogen (secondary N) is 1. The molecule has 1 aliphatic carbocycles. The molecule has 2 fully saturated rings. The van der Waals surface area contributed by atoms with E-state index in [-0.39, 0.29) is 5.91 Å². The molecule has 0 radical (unpaired) electrons. The van der Waals surface area contributed by atoms with Crippen LogP contribution in [0, 0.1) is 5.41 Å². The van der Waals surface area contributed by atoms with Gasteiger partial charge in [-0.15, -0.1) is 0 Å². The van der Waals surface area contributed by atoms with Crippen LogP contribution in [0.25, 0.3) is 0 Å². The van der Waals surface area contributed by atoms with E-state index < -0.39 is 29.5 Å². The Morgan fingerprint density at radius 3 is 2.19 bits per heavy atom. The minimum absolute atomic E-state index is 0.178. The van der Waals surface area contributed by atoms with Crippen LogP contribution in [-0.4, -0.2) is 40.0 Å². The molecule has 6 nitrogen and oxygen atoms in total. The van der Waals surface area contributed by atoms with Gasteiger partial charge in [0.2, 0.25) is 5.91 Å². The number of benzene rings is 1. The number of fused-ring (bicyclic) bond motifs is 1. The molecule has 3 aliphatic rings. The van der Waals surface area contributed by atoms with Crippen LogP contribution >= 0.6 is 0 Å². The van der Waals surface area contributed by atoms with E-state index in [0.717, 1.165) is 17.7 Å². The van der Waals surface area contributed by atoms with Gasteiger partial charge in [0.15, 0.2) is 0 Å². The van der Waals surface area contributed by atoms with Crippen LogP contribution in [0.1, 0.15) is 40.0 Å². The summed E-state index contributed by atoms with van der Waals surface area (Å²) < 4.78 is 0. The Kier molecular flexibility index (Phi) is 2.34. The first-order valence-electron chi connectivity index (χ1n) is 6.99. The molecule has 1 saturated heterocycles. The van der Waals surface area contributed by atoms with Gasteiger partial charge in [-0.2, -0.15) is 0 Å². The van der Waals surface area contributed by atoms with Crippen molar-refractivity contribution >= 4 is 17.7 Å². The number of aliphatic hydroxyl groups is 1. The predicted molar refractivity (Wildman–Crippen MR) is 71.2 cm³/mol. The summed E-state index contributed by atoms with van der Waals surface area (Å²) in [6, 6.07) is 5.92. The number of hydrogen-bond acceptors (Lipinski definition) is 4. The van der Waals surface area contributed by atoms with Crippen molar-refractivity contribution in [3.63, 3.8) is 0 Å². The molecular formula is C15H14N2O4. The SMILES string of the molecule is O=C1c2ccccc2C(=O)N1C1CC2(CC2)C(=O)NC1O. The average molecular weight is 286 g/mol. The minimum atomic E-state index is -1.20. The summed E-state index contributed by atoms with van der Waals surface area (Å²) in [5.74, 6) is -0.971. The quantitative estimate of drug-likeness (QED) is 0.726. The second-order valence-corrected chi connectivity index (χ2v) is 6.00. The highest BCUT2D eigenvalue weighted by Gasteiger charge is 2.58. The number of carbonyl (C=O) groups excluding carboxylic acids is 3. The first kappa shape index (κ1) is 12.5. The summed E-state index contributed by atoms with van der Waals surface area (Å²) in [5.41, 5.74) is 0.215. The highest BCUT2D eigenvalue weighted by atomic mass is 16.3. The Morgan fingerprint density at radius 2 is 1.67 bits per heavy atom. The molecule has 2 aliphatic heterocycles.